The second kappa shape index (κ2) is 13.7. The van der Waals surface area contributed by atoms with Gasteiger partial charge in [0, 0.05) is 0 Å². The lowest BCUT2D eigenvalue weighted by atomic mass is 9.52. The summed E-state index contributed by atoms with van der Waals surface area (Å²) in [5.74, 6) is 0. The molecule has 0 atom stereocenters. The lowest BCUT2D eigenvalue weighted by molar-refractivity contribution is 1.69. The van der Waals surface area contributed by atoms with Gasteiger partial charge in [0.15, 0.2) is 0 Å². The molecule has 0 fully saturated rings. The smallest absolute Gasteiger partial charge is 0.286 e. The maximum Gasteiger partial charge on any atom is 0.286 e. The van der Waals surface area contributed by atoms with E-state index in [4.69, 9.17) is 11.3 Å². The molecule has 0 bridgehead atoms. The van der Waals surface area contributed by atoms with Crippen LogP contribution in [0.15, 0.2) is 121 Å². The van der Waals surface area contributed by atoms with Crippen LogP contribution in [0.25, 0.3) is 0 Å². The molecule has 4 aromatic rings. The SMILES string of the molecule is Cl.Cl.NB(c1ccccc1)c1ccccc1.NB(c1ccccc1)c1ccccc1. The van der Waals surface area contributed by atoms with E-state index in [1.165, 1.54) is 0 Å². The Morgan fingerprint density at radius 1 is 0.333 bits per heavy atom. The molecule has 0 saturated heterocycles. The molecule has 0 radical (unpaired) electrons. The zero-order valence-corrected chi connectivity index (χ0v) is 18.3. The first kappa shape index (κ1) is 25.5. The summed E-state index contributed by atoms with van der Waals surface area (Å²) in [6, 6.07) is 40.5. The van der Waals surface area contributed by atoms with Crippen molar-refractivity contribution in [3.05, 3.63) is 121 Å². The van der Waals surface area contributed by atoms with Crippen molar-refractivity contribution in [1.82, 2.24) is 0 Å². The van der Waals surface area contributed by atoms with Crippen molar-refractivity contribution in [2.75, 3.05) is 0 Å². The van der Waals surface area contributed by atoms with Crippen molar-refractivity contribution in [3.63, 3.8) is 0 Å². The van der Waals surface area contributed by atoms with Crippen LogP contribution < -0.4 is 33.1 Å². The normalized spacial score (nSPS) is 9.13. The largest absolute Gasteiger partial charge is 0.362 e. The van der Waals surface area contributed by atoms with Crippen LogP contribution in [0.3, 0.4) is 0 Å². The van der Waals surface area contributed by atoms with E-state index in [1.807, 2.05) is 72.8 Å². The molecule has 0 aliphatic heterocycles. The van der Waals surface area contributed by atoms with E-state index >= 15 is 0 Å². The number of nitrogens with two attached hydrogens (primary N) is 2. The average Bonchev–Trinajstić information content (AvgIpc) is 2.81. The van der Waals surface area contributed by atoms with Crippen LogP contribution in [0.5, 0.6) is 0 Å². The molecule has 0 aliphatic carbocycles. The summed E-state index contributed by atoms with van der Waals surface area (Å²) in [5.41, 5.74) is 16.8. The van der Waals surface area contributed by atoms with Crippen molar-refractivity contribution < 1.29 is 0 Å². The predicted molar refractivity (Wildman–Crippen MR) is 139 cm³/mol. The predicted octanol–water partition coefficient (Wildman–Crippen LogP) is 2.35. The zero-order chi connectivity index (χ0) is 19.6. The van der Waals surface area contributed by atoms with Crippen LogP contribution in [0.2, 0.25) is 0 Å². The summed E-state index contributed by atoms with van der Waals surface area (Å²) in [7, 11) is 0. The van der Waals surface area contributed by atoms with Gasteiger partial charge in [-0.05, 0) is 0 Å². The van der Waals surface area contributed by atoms with Crippen molar-refractivity contribution in [1.29, 1.82) is 0 Å². The Balaban J connectivity index is 0.000000281. The first-order valence-electron chi connectivity index (χ1n) is 9.46. The Morgan fingerprint density at radius 2 is 0.500 bits per heavy atom. The molecule has 4 N–H and O–H groups in total. The van der Waals surface area contributed by atoms with Crippen molar-refractivity contribution in [2.24, 2.45) is 11.3 Å². The highest BCUT2D eigenvalue weighted by Gasteiger charge is 2.13. The van der Waals surface area contributed by atoms with Gasteiger partial charge < -0.3 is 11.3 Å². The molecule has 152 valence electrons. The summed E-state index contributed by atoms with van der Waals surface area (Å²) >= 11 is 0. The van der Waals surface area contributed by atoms with Gasteiger partial charge in [0.2, 0.25) is 0 Å². The van der Waals surface area contributed by atoms with E-state index in [9.17, 15) is 0 Å². The zero-order valence-electron chi connectivity index (χ0n) is 16.7. The van der Waals surface area contributed by atoms with Crippen LogP contribution in [0, 0.1) is 0 Å². The highest BCUT2D eigenvalue weighted by Crippen LogP contribution is 1.89. The van der Waals surface area contributed by atoms with Crippen LogP contribution >= 0.6 is 24.8 Å². The first-order valence-corrected chi connectivity index (χ1v) is 9.46. The Bertz CT molecular complexity index is 784. The molecule has 0 saturated carbocycles. The first-order chi connectivity index (χ1) is 13.8. The summed E-state index contributed by atoms with van der Waals surface area (Å²) in [5, 5.41) is 0. The third-order valence-corrected chi connectivity index (χ3v) is 4.63. The van der Waals surface area contributed by atoms with E-state index in [0.717, 1.165) is 21.9 Å². The van der Waals surface area contributed by atoms with E-state index in [0.29, 0.717) is 0 Å². The Labute approximate surface area is 192 Å². The fraction of sp³-hybridized carbons (Fsp3) is 0. The number of rotatable bonds is 4. The standard InChI is InChI=1S/2C12H12BN.2ClH/c2*14-13(11-7-3-1-4-8-11)12-9-5-2-6-10-12;;/h2*1-10H,14H2;2*1H. The second-order valence-corrected chi connectivity index (χ2v) is 6.60. The van der Waals surface area contributed by atoms with Crippen LogP contribution in [-0.2, 0) is 0 Å². The molecule has 2 nitrogen and oxygen atoms in total. The van der Waals surface area contributed by atoms with E-state index in [1.54, 1.807) is 0 Å². The fourth-order valence-corrected chi connectivity index (χ4v) is 3.03. The molecule has 0 amide bonds. The molecule has 0 aliphatic rings. The minimum absolute atomic E-state index is 0. The number of hydrogen-bond donors (Lipinski definition) is 2. The molecule has 0 heterocycles. The molecule has 0 spiro atoms. The molecule has 30 heavy (non-hydrogen) atoms. The van der Waals surface area contributed by atoms with Gasteiger partial charge in [0.25, 0.3) is 13.7 Å². The monoisotopic (exact) mass is 434 g/mol. The van der Waals surface area contributed by atoms with Crippen LogP contribution in [0.4, 0.5) is 0 Å². The maximum absolute atomic E-state index is 6.12. The number of benzene rings is 4. The van der Waals surface area contributed by atoms with Crippen molar-refractivity contribution >= 4 is 60.4 Å². The lowest BCUT2D eigenvalue weighted by Crippen LogP contribution is -2.50. The second-order valence-electron chi connectivity index (χ2n) is 6.60. The summed E-state index contributed by atoms with van der Waals surface area (Å²) in [6.45, 7) is -0.0326. The molecule has 0 aromatic heterocycles. The van der Waals surface area contributed by atoms with Gasteiger partial charge in [-0.25, -0.2) is 0 Å². The minimum Gasteiger partial charge on any atom is -0.362 e. The van der Waals surface area contributed by atoms with Gasteiger partial charge in [-0.1, -0.05) is 143 Å². The van der Waals surface area contributed by atoms with Crippen LogP contribution in [0.1, 0.15) is 0 Å². The summed E-state index contributed by atoms with van der Waals surface area (Å²) in [6.07, 6.45) is 0. The summed E-state index contributed by atoms with van der Waals surface area (Å²) < 4.78 is 0. The van der Waals surface area contributed by atoms with E-state index in [2.05, 4.69) is 48.5 Å². The highest BCUT2D eigenvalue weighted by molar-refractivity contribution is 6.83. The molecule has 6 heteroatoms. The van der Waals surface area contributed by atoms with Crippen molar-refractivity contribution in [3.8, 4) is 0 Å². The summed E-state index contributed by atoms with van der Waals surface area (Å²) in [4.78, 5) is 0. The third-order valence-electron chi connectivity index (χ3n) is 4.63. The Morgan fingerprint density at radius 3 is 0.667 bits per heavy atom. The number of hydrogen-bond acceptors (Lipinski definition) is 2. The van der Waals surface area contributed by atoms with Gasteiger partial charge in [-0.2, -0.15) is 0 Å². The molecule has 0 unspecified atom stereocenters. The Hall–Kier alpha value is -2.49. The molecular formula is C24H26B2Cl2N2. The van der Waals surface area contributed by atoms with Gasteiger partial charge in [-0.15, -0.1) is 24.8 Å². The maximum atomic E-state index is 6.12. The van der Waals surface area contributed by atoms with Gasteiger partial charge in [0.1, 0.15) is 0 Å². The lowest BCUT2D eigenvalue weighted by Gasteiger charge is -2.07. The van der Waals surface area contributed by atoms with Crippen molar-refractivity contribution in [2.45, 2.75) is 0 Å². The van der Waals surface area contributed by atoms with Gasteiger partial charge in [0.05, 0.1) is 0 Å². The van der Waals surface area contributed by atoms with Gasteiger partial charge in [-0.3, -0.25) is 0 Å². The quantitative estimate of drug-likeness (QED) is 0.484. The van der Waals surface area contributed by atoms with E-state index < -0.39 is 0 Å². The topological polar surface area (TPSA) is 52.0 Å². The number of halogens is 2. The average molecular weight is 435 g/mol. The fourth-order valence-electron chi connectivity index (χ4n) is 3.03. The minimum atomic E-state index is -0.0163. The molecular weight excluding hydrogens is 409 g/mol. The highest BCUT2D eigenvalue weighted by atomic mass is 35.5. The molecule has 4 aromatic carbocycles. The molecule has 4 rings (SSSR count). The van der Waals surface area contributed by atoms with E-state index in [-0.39, 0.29) is 38.5 Å². The van der Waals surface area contributed by atoms with Crippen LogP contribution in [-0.4, -0.2) is 13.7 Å². The van der Waals surface area contributed by atoms with Gasteiger partial charge >= 0.3 is 0 Å². The Kier molecular flexibility index (Phi) is 11.7. The third kappa shape index (κ3) is 7.40.